The van der Waals surface area contributed by atoms with Gasteiger partial charge in [-0.2, -0.15) is 5.10 Å². The van der Waals surface area contributed by atoms with Crippen LogP contribution in [0, 0.1) is 0 Å². The summed E-state index contributed by atoms with van der Waals surface area (Å²) in [5, 5.41) is 5.17. The highest BCUT2D eigenvalue weighted by Crippen LogP contribution is 2.32. The minimum Gasteiger partial charge on any atom is -0.455 e. The van der Waals surface area contributed by atoms with Crippen molar-refractivity contribution >= 4 is 74.2 Å². The van der Waals surface area contributed by atoms with Gasteiger partial charge in [0.05, 0.1) is 31.9 Å². The Morgan fingerprint density at radius 3 is 2.35 bits per heavy atom. The smallest absolute Gasteiger partial charge is 0.264 e. The number of nitrogens with one attached hydrogen (secondary N) is 1. The summed E-state index contributed by atoms with van der Waals surface area (Å²) in [4.78, 5) is 12.7. The van der Waals surface area contributed by atoms with Gasteiger partial charge in [0.25, 0.3) is 15.9 Å². The van der Waals surface area contributed by atoms with E-state index in [1.54, 1.807) is 48.5 Å². The van der Waals surface area contributed by atoms with Crippen LogP contribution in [-0.2, 0) is 14.8 Å². The fraction of sp³-hybridized carbons (Fsp3) is 0.0400. The summed E-state index contributed by atoms with van der Waals surface area (Å²) in [6.07, 6.45) is 1.28. The molecule has 0 fully saturated rings. The summed E-state index contributed by atoms with van der Waals surface area (Å²) in [6.45, 7) is -0.573. The fourth-order valence-electron chi connectivity index (χ4n) is 3.26. The molecule has 0 saturated carbocycles. The zero-order chi connectivity index (χ0) is 26.6. The third kappa shape index (κ3) is 6.47. The number of carbonyl (C=O) groups is 1. The van der Waals surface area contributed by atoms with Crippen LogP contribution in [0.4, 0.5) is 5.69 Å². The minimum atomic E-state index is -4.11. The van der Waals surface area contributed by atoms with Gasteiger partial charge < -0.3 is 4.42 Å². The lowest BCUT2D eigenvalue weighted by atomic mass is 10.2. The van der Waals surface area contributed by atoms with Gasteiger partial charge in [-0.3, -0.25) is 9.10 Å². The fourth-order valence-corrected chi connectivity index (χ4v) is 5.49. The van der Waals surface area contributed by atoms with E-state index in [1.165, 1.54) is 36.5 Å². The molecule has 4 rings (SSSR count). The van der Waals surface area contributed by atoms with E-state index in [0.717, 1.165) is 4.31 Å². The number of hydrazone groups is 1. The van der Waals surface area contributed by atoms with Crippen LogP contribution in [-0.4, -0.2) is 27.1 Å². The van der Waals surface area contributed by atoms with Gasteiger partial charge in [-0.25, -0.2) is 13.8 Å². The molecule has 1 amide bonds. The first-order valence-corrected chi connectivity index (χ1v) is 13.5. The number of amides is 1. The Morgan fingerprint density at radius 1 is 0.892 bits per heavy atom. The molecule has 37 heavy (non-hydrogen) atoms. The predicted octanol–water partition coefficient (Wildman–Crippen LogP) is 6.91. The average molecular weight is 597 g/mol. The first-order chi connectivity index (χ1) is 17.6. The van der Waals surface area contributed by atoms with Gasteiger partial charge in [0.1, 0.15) is 18.1 Å². The lowest BCUT2D eigenvalue weighted by Gasteiger charge is -2.24. The lowest BCUT2D eigenvalue weighted by molar-refractivity contribution is -0.119. The van der Waals surface area contributed by atoms with E-state index in [-0.39, 0.29) is 20.6 Å². The van der Waals surface area contributed by atoms with Gasteiger partial charge >= 0.3 is 0 Å². The minimum absolute atomic E-state index is 0.00125. The van der Waals surface area contributed by atoms with Crippen LogP contribution < -0.4 is 9.73 Å². The molecule has 12 heteroatoms. The van der Waals surface area contributed by atoms with Crippen LogP contribution in [0.1, 0.15) is 5.76 Å². The first kappa shape index (κ1) is 27.0. The van der Waals surface area contributed by atoms with E-state index in [9.17, 15) is 13.2 Å². The highest BCUT2D eigenvalue weighted by atomic mass is 35.5. The Balaban J connectivity index is 1.51. The molecule has 0 aliphatic heterocycles. The van der Waals surface area contributed by atoms with Crippen molar-refractivity contribution in [2.24, 2.45) is 5.10 Å². The molecule has 0 unspecified atom stereocenters. The number of rotatable bonds is 8. The Hall–Kier alpha value is -3.01. The van der Waals surface area contributed by atoms with E-state index < -0.39 is 22.5 Å². The third-order valence-corrected chi connectivity index (χ3v) is 8.09. The van der Waals surface area contributed by atoms with Gasteiger partial charge in [-0.15, -0.1) is 0 Å². The molecule has 0 saturated heterocycles. The molecule has 3 aromatic carbocycles. The summed E-state index contributed by atoms with van der Waals surface area (Å²) < 4.78 is 33.3. The molecule has 4 aromatic rings. The van der Waals surface area contributed by atoms with E-state index in [4.69, 9.17) is 50.8 Å². The van der Waals surface area contributed by atoms with Crippen molar-refractivity contribution in [2.75, 3.05) is 10.8 Å². The molecule has 1 aromatic heterocycles. The number of benzene rings is 3. The number of hydrogen-bond acceptors (Lipinski definition) is 5. The van der Waals surface area contributed by atoms with Gasteiger partial charge in [-0.1, -0.05) is 64.6 Å². The van der Waals surface area contributed by atoms with Crippen LogP contribution >= 0.6 is 46.4 Å². The van der Waals surface area contributed by atoms with Gasteiger partial charge in [-0.05, 0) is 60.7 Å². The van der Waals surface area contributed by atoms with Gasteiger partial charge in [0.2, 0.25) is 0 Å². The van der Waals surface area contributed by atoms with E-state index >= 15 is 0 Å². The summed E-state index contributed by atoms with van der Waals surface area (Å²) in [7, 11) is -4.11. The number of furan rings is 1. The molecule has 0 aliphatic carbocycles. The second kappa shape index (κ2) is 11.6. The molecule has 0 spiro atoms. The Kier molecular flexibility index (Phi) is 8.46. The largest absolute Gasteiger partial charge is 0.455 e. The summed E-state index contributed by atoms with van der Waals surface area (Å²) in [5.74, 6) is 0.114. The molecule has 190 valence electrons. The molecule has 0 atom stereocenters. The van der Waals surface area contributed by atoms with Gasteiger partial charge in [0.15, 0.2) is 0 Å². The van der Waals surface area contributed by atoms with Crippen molar-refractivity contribution in [1.29, 1.82) is 0 Å². The van der Waals surface area contributed by atoms with Crippen molar-refractivity contribution in [2.45, 2.75) is 4.90 Å². The average Bonchev–Trinajstić information content (AvgIpc) is 3.33. The van der Waals surface area contributed by atoms with E-state index in [2.05, 4.69) is 10.5 Å². The lowest BCUT2D eigenvalue weighted by Crippen LogP contribution is -2.39. The van der Waals surface area contributed by atoms with Crippen molar-refractivity contribution in [3.05, 3.63) is 105 Å². The Morgan fingerprint density at radius 2 is 1.65 bits per heavy atom. The second-order valence-corrected chi connectivity index (χ2v) is 11.1. The van der Waals surface area contributed by atoms with Crippen LogP contribution in [0.2, 0.25) is 20.1 Å². The number of halogens is 4. The summed E-state index contributed by atoms with van der Waals surface area (Å²) in [5.41, 5.74) is 3.11. The monoisotopic (exact) mass is 595 g/mol. The van der Waals surface area contributed by atoms with Crippen molar-refractivity contribution in [1.82, 2.24) is 5.43 Å². The number of sulfonamides is 1. The van der Waals surface area contributed by atoms with Crippen molar-refractivity contribution in [3.8, 4) is 11.3 Å². The van der Waals surface area contributed by atoms with Crippen LogP contribution in [0.3, 0.4) is 0 Å². The topological polar surface area (TPSA) is 92.0 Å². The first-order valence-electron chi connectivity index (χ1n) is 10.5. The second-order valence-electron chi connectivity index (χ2n) is 7.54. The van der Waals surface area contributed by atoms with Crippen molar-refractivity contribution < 1.29 is 17.6 Å². The molecule has 7 nitrogen and oxygen atoms in total. The predicted molar refractivity (Wildman–Crippen MR) is 147 cm³/mol. The highest BCUT2D eigenvalue weighted by molar-refractivity contribution is 7.92. The molecule has 0 radical (unpaired) electrons. The molecule has 1 heterocycles. The van der Waals surface area contributed by atoms with E-state index in [1.807, 2.05) is 0 Å². The molecule has 0 aliphatic rings. The SMILES string of the molecule is O=C(CN(c1ccc(Cl)c(Cl)c1)S(=O)(=O)c1ccccc1)N/N=C\c1ccc(-c2ccc(Cl)cc2Cl)o1. The molecule has 0 bridgehead atoms. The zero-order valence-electron chi connectivity index (χ0n) is 18.7. The third-order valence-electron chi connectivity index (χ3n) is 5.01. The maximum atomic E-state index is 13.3. The highest BCUT2D eigenvalue weighted by Gasteiger charge is 2.27. The van der Waals surface area contributed by atoms with Crippen LogP contribution in [0.25, 0.3) is 11.3 Å². The summed E-state index contributed by atoms with van der Waals surface area (Å²) in [6, 6.07) is 20.3. The number of carbonyl (C=O) groups excluding carboxylic acids is 1. The van der Waals surface area contributed by atoms with Crippen LogP contribution in [0.15, 0.2) is 93.3 Å². The maximum Gasteiger partial charge on any atom is 0.264 e. The molecular formula is C25H17Cl4N3O4S. The molecular weight excluding hydrogens is 580 g/mol. The zero-order valence-corrected chi connectivity index (χ0v) is 22.6. The quantitative estimate of drug-likeness (QED) is 0.177. The maximum absolute atomic E-state index is 13.3. The number of nitrogens with zero attached hydrogens (tertiary/aromatic N) is 2. The number of hydrogen-bond donors (Lipinski definition) is 1. The Labute approximate surface area is 233 Å². The summed E-state index contributed by atoms with van der Waals surface area (Å²) >= 11 is 24.2. The van der Waals surface area contributed by atoms with Crippen LogP contribution in [0.5, 0.6) is 0 Å². The standard InChI is InChI=1S/C25H17Cl4N3O4S/c26-16-6-9-20(22(28)12-16)24-11-8-18(36-24)14-30-31-25(33)15-32(17-7-10-21(27)23(29)13-17)37(34,35)19-4-2-1-3-5-19/h1-14H,15H2,(H,31,33)/b30-14-. The van der Waals surface area contributed by atoms with E-state index in [0.29, 0.717) is 27.1 Å². The number of anilines is 1. The molecule has 1 N–H and O–H groups in total. The normalized spacial score (nSPS) is 11.6. The van der Waals surface area contributed by atoms with Gasteiger partial charge in [0, 0.05) is 10.6 Å². The Bertz CT molecular complexity index is 1570. The van der Waals surface area contributed by atoms with Crippen molar-refractivity contribution in [3.63, 3.8) is 0 Å².